The molecule has 0 fully saturated rings. The second-order valence-corrected chi connectivity index (χ2v) is 2.90. The zero-order chi connectivity index (χ0) is 9.40. The third kappa shape index (κ3) is 3.56. The molecular weight excluding hydrogens is 144 g/mol. The zero-order valence-electron chi connectivity index (χ0n) is 8.51. The van der Waals surface area contributed by atoms with Crippen molar-refractivity contribution in [2.45, 2.75) is 33.6 Å². The van der Waals surface area contributed by atoms with Gasteiger partial charge in [0, 0.05) is 0 Å². The van der Waals surface area contributed by atoms with Gasteiger partial charge in [0.2, 0.25) is 0 Å². The largest absolute Gasteiger partial charge is 0.0991 e. The van der Waals surface area contributed by atoms with E-state index in [0.29, 0.717) is 5.92 Å². The summed E-state index contributed by atoms with van der Waals surface area (Å²) in [5.74, 6) is 0.714. The van der Waals surface area contributed by atoms with Crippen molar-refractivity contribution in [2.24, 2.45) is 5.92 Å². The Kier molecular flexibility index (Phi) is 6.45. The van der Waals surface area contributed by atoms with E-state index in [-0.39, 0.29) is 0 Å². The van der Waals surface area contributed by atoms with E-state index in [1.807, 2.05) is 12.2 Å². The van der Waals surface area contributed by atoms with Crippen molar-refractivity contribution in [1.82, 2.24) is 0 Å². The van der Waals surface area contributed by atoms with Gasteiger partial charge in [-0.3, -0.25) is 0 Å². The first-order chi connectivity index (χ1) is 5.79. The minimum absolute atomic E-state index is 0.714. The van der Waals surface area contributed by atoms with Gasteiger partial charge in [0.15, 0.2) is 0 Å². The molecule has 0 atom stereocenters. The van der Waals surface area contributed by atoms with Gasteiger partial charge < -0.3 is 0 Å². The quantitative estimate of drug-likeness (QED) is 0.536. The molecule has 0 unspecified atom stereocenters. The van der Waals surface area contributed by atoms with Crippen LogP contribution in [-0.2, 0) is 0 Å². The first-order valence-corrected chi connectivity index (χ1v) is 4.75. The third-order valence-corrected chi connectivity index (χ3v) is 2.22. The molecule has 0 aromatic carbocycles. The lowest BCUT2D eigenvalue weighted by atomic mass is 9.93. The van der Waals surface area contributed by atoms with Crippen LogP contribution >= 0.6 is 0 Å². The summed E-state index contributed by atoms with van der Waals surface area (Å²) in [6.07, 6.45) is 10.6. The van der Waals surface area contributed by atoms with Crippen molar-refractivity contribution in [2.75, 3.05) is 0 Å². The van der Waals surface area contributed by atoms with E-state index < -0.39 is 0 Å². The van der Waals surface area contributed by atoms with Gasteiger partial charge in [-0.25, -0.2) is 0 Å². The molecule has 68 valence electrons. The molecule has 0 bridgehead atoms. The maximum absolute atomic E-state index is 3.66. The SMILES string of the molecule is C=C/C=C\C(=C/C)C(CC)CC. The fourth-order valence-corrected chi connectivity index (χ4v) is 1.41. The van der Waals surface area contributed by atoms with Crippen LogP contribution in [0.1, 0.15) is 33.6 Å². The van der Waals surface area contributed by atoms with Crippen LogP contribution in [0.2, 0.25) is 0 Å². The summed E-state index contributed by atoms with van der Waals surface area (Å²) in [6, 6.07) is 0. The molecule has 0 heteroatoms. The highest BCUT2D eigenvalue weighted by molar-refractivity contribution is 5.23. The average Bonchev–Trinajstić information content (AvgIpc) is 2.12. The first-order valence-electron chi connectivity index (χ1n) is 4.75. The second kappa shape index (κ2) is 6.90. The van der Waals surface area contributed by atoms with E-state index in [0.717, 1.165) is 0 Å². The van der Waals surface area contributed by atoms with Crippen LogP contribution in [-0.4, -0.2) is 0 Å². The molecule has 0 radical (unpaired) electrons. The van der Waals surface area contributed by atoms with E-state index >= 15 is 0 Å². The van der Waals surface area contributed by atoms with Crippen molar-refractivity contribution in [1.29, 1.82) is 0 Å². The van der Waals surface area contributed by atoms with Crippen molar-refractivity contribution in [3.05, 3.63) is 36.5 Å². The maximum Gasteiger partial charge on any atom is -0.0170 e. The Morgan fingerprint density at radius 1 is 1.33 bits per heavy atom. The highest BCUT2D eigenvalue weighted by atomic mass is 14.1. The van der Waals surface area contributed by atoms with Gasteiger partial charge in [-0.2, -0.15) is 0 Å². The maximum atomic E-state index is 3.66. The summed E-state index contributed by atoms with van der Waals surface area (Å²) >= 11 is 0. The Bertz CT molecular complexity index is 168. The van der Waals surface area contributed by atoms with Crippen LogP contribution in [0.15, 0.2) is 36.5 Å². The Hall–Kier alpha value is -0.780. The Morgan fingerprint density at radius 2 is 1.92 bits per heavy atom. The highest BCUT2D eigenvalue weighted by Gasteiger charge is 2.04. The predicted molar refractivity (Wildman–Crippen MR) is 57.2 cm³/mol. The van der Waals surface area contributed by atoms with Gasteiger partial charge in [0.25, 0.3) is 0 Å². The monoisotopic (exact) mass is 164 g/mol. The molecule has 0 amide bonds. The summed E-state index contributed by atoms with van der Waals surface area (Å²) < 4.78 is 0. The summed E-state index contributed by atoms with van der Waals surface area (Å²) in [5, 5.41) is 0. The summed E-state index contributed by atoms with van der Waals surface area (Å²) in [4.78, 5) is 0. The molecule has 0 heterocycles. The van der Waals surface area contributed by atoms with Gasteiger partial charge in [-0.15, -0.1) is 0 Å². The topological polar surface area (TPSA) is 0 Å². The van der Waals surface area contributed by atoms with Gasteiger partial charge in [0.05, 0.1) is 0 Å². The Balaban J connectivity index is 4.32. The molecule has 0 spiro atoms. The van der Waals surface area contributed by atoms with Crippen molar-refractivity contribution in [3.8, 4) is 0 Å². The van der Waals surface area contributed by atoms with Crippen LogP contribution in [0.3, 0.4) is 0 Å². The lowest BCUT2D eigenvalue weighted by Gasteiger charge is -2.12. The molecule has 0 N–H and O–H groups in total. The smallest absolute Gasteiger partial charge is 0.0170 e. The molecule has 0 saturated carbocycles. The first kappa shape index (κ1) is 11.2. The average molecular weight is 164 g/mol. The second-order valence-electron chi connectivity index (χ2n) is 2.90. The summed E-state index contributed by atoms with van der Waals surface area (Å²) in [6.45, 7) is 10.2. The van der Waals surface area contributed by atoms with E-state index in [9.17, 15) is 0 Å². The minimum Gasteiger partial charge on any atom is -0.0991 e. The number of hydrogen-bond acceptors (Lipinski definition) is 0. The van der Waals surface area contributed by atoms with Crippen molar-refractivity contribution in [3.63, 3.8) is 0 Å². The van der Waals surface area contributed by atoms with Crippen molar-refractivity contribution < 1.29 is 0 Å². The highest BCUT2D eigenvalue weighted by Crippen LogP contribution is 2.19. The van der Waals surface area contributed by atoms with E-state index in [1.54, 1.807) is 0 Å². The molecule has 0 aromatic rings. The standard InChI is InChI=1S/C12H20/c1-5-9-10-12(8-4)11(6-2)7-3/h5,8-11H,1,6-7H2,2-4H3/b10-9-,12-8+. The molecular formula is C12H20. The van der Waals surface area contributed by atoms with Gasteiger partial charge in [-0.05, 0) is 31.3 Å². The Morgan fingerprint density at radius 3 is 2.25 bits per heavy atom. The van der Waals surface area contributed by atoms with Crippen LogP contribution in [0.25, 0.3) is 0 Å². The number of rotatable bonds is 5. The lowest BCUT2D eigenvalue weighted by Crippen LogP contribution is -1.98. The van der Waals surface area contributed by atoms with Gasteiger partial charge in [0.1, 0.15) is 0 Å². The fourth-order valence-electron chi connectivity index (χ4n) is 1.41. The minimum atomic E-state index is 0.714. The van der Waals surface area contributed by atoms with Gasteiger partial charge >= 0.3 is 0 Å². The fraction of sp³-hybridized carbons (Fsp3) is 0.500. The molecule has 0 aromatic heterocycles. The molecule has 0 aliphatic rings. The van der Waals surface area contributed by atoms with Crippen LogP contribution in [0.4, 0.5) is 0 Å². The van der Waals surface area contributed by atoms with E-state index in [2.05, 4.69) is 39.5 Å². The zero-order valence-corrected chi connectivity index (χ0v) is 8.51. The van der Waals surface area contributed by atoms with Crippen LogP contribution < -0.4 is 0 Å². The molecule has 12 heavy (non-hydrogen) atoms. The predicted octanol–water partition coefficient (Wildman–Crippen LogP) is 4.11. The summed E-state index contributed by atoms with van der Waals surface area (Å²) in [7, 11) is 0. The third-order valence-electron chi connectivity index (χ3n) is 2.22. The molecule has 0 rings (SSSR count). The molecule has 0 aliphatic carbocycles. The van der Waals surface area contributed by atoms with Gasteiger partial charge in [-0.1, -0.05) is 44.7 Å². The van der Waals surface area contributed by atoms with Crippen LogP contribution in [0.5, 0.6) is 0 Å². The normalized spacial score (nSPS) is 12.8. The molecule has 0 nitrogen and oxygen atoms in total. The van der Waals surface area contributed by atoms with E-state index in [4.69, 9.17) is 0 Å². The van der Waals surface area contributed by atoms with Crippen LogP contribution in [0, 0.1) is 5.92 Å². The molecule has 0 aliphatic heterocycles. The lowest BCUT2D eigenvalue weighted by molar-refractivity contribution is 0.583. The van der Waals surface area contributed by atoms with E-state index in [1.165, 1.54) is 18.4 Å². The Labute approximate surface area is 76.7 Å². The number of hydrogen-bond donors (Lipinski definition) is 0. The van der Waals surface area contributed by atoms with Crippen molar-refractivity contribution >= 4 is 0 Å². The number of allylic oxidation sites excluding steroid dienone is 5. The molecule has 0 saturated heterocycles. The summed E-state index contributed by atoms with van der Waals surface area (Å²) in [5.41, 5.74) is 1.43.